The predicted molar refractivity (Wildman–Crippen MR) is 132 cm³/mol. The first-order valence-electron chi connectivity index (χ1n) is 9.82. The van der Waals surface area contributed by atoms with Gasteiger partial charge in [0.05, 0.1) is 16.9 Å². The summed E-state index contributed by atoms with van der Waals surface area (Å²) in [6, 6.07) is 16.4. The van der Waals surface area contributed by atoms with Crippen molar-refractivity contribution in [2.45, 2.75) is 13.5 Å². The van der Waals surface area contributed by atoms with Crippen LogP contribution in [0.15, 0.2) is 65.8 Å². The predicted octanol–water partition coefficient (Wildman–Crippen LogP) is 4.74. The largest absolute Gasteiger partial charge is 0.493 e. The molecular formula is C24H21FIN3O4. The van der Waals surface area contributed by atoms with Crippen molar-refractivity contribution in [2.75, 3.05) is 12.4 Å². The van der Waals surface area contributed by atoms with Crippen LogP contribution in [0.25, 0.3) is 0 Å². The molecule has 0 atom stereocenters. The first-order valence-corrected chi connectivity index (χ1v) is 10.9. The quantitative estimate of drug-likeness (QED) is 0.236. The highest BCUT2D eigenvalue weighted by Crippen LogP contribution is 2.34. The zero-order valence-electron chi connectivity index (χ0n) is 17.9. The fourth-order valence-corrected chi connectivity index (χ4v) is 3.67. The Balaban J connectivity index is 1.68. The Kier molecular flexibility index (Phi) is 8.36. The summed E-state index contributed by atoms with van der Waals surface area (Å²) < 4.78 is 25.8. The third-order valence-corrected chi connectivity index (χ3v) is 5.21. The molecule has 0 fully saturated rings. The SMILES string of the molecule is COc1cc(/C=N\NC(=O)c2cccc(NC(C)=O)c2)cc(I)c1OCc1ccccc1F. The molecule has 0 bridgehead atoms. The van der Waals surface area contributed by atoms with E-state index in [0.717, 1.165) is 3.57 Å². The van der Waals surface area contributed by atoms with Gasteiger partial charge in [-0.2, -0.15) is 5.10 Å². The molecule has 0 aliphatic rings. The molecule has 3 aromatic rings. The number of halogens is 2. The monoisotopic (exact) mass is 561 g/mol. The Morgan fingerprint density at radius 2 is 1.91 bits per heavy atom. The number of anilines is 1. The summed E-state index contributed by atoms with van der Waals surface area (Å²) in [5.41, 5.74) is 4.43. The summed E-state index contributed by atoms with van der Waals surface area (Å²) in [6.45, 7) is 1.45. The molecule has 3 rings (SSSR count). The fraction of sp³-hybridized carbons (Fsp3) is 0.125. The van der Waals surface area contributed by atoms with Crippen LogP contribution in [0, 0.1) is 9.39 Å². The Bertz CT molecular complexity index is 1200. The van der Waals surface area contributed by atoms with E-state index in [0.29, 0.717) is 33.9 Å². The topological polar surface area (TPSA) is 89.0 Å². The van der Waals surface area contributed by atoms with E-state index < -0.39 is 5.91 Å². The van der Waals surface area contributed by atoms with Crippen LogP contribution < -0.4 is 20.2 Å². The van der Waals surface area contributed by atoms with Gasteiger partial charge in [0, 0.05) is 23.7 Å². The van der Waals surface area contributed by atoms with Crippen LogP contribution in [0.4, 0.5) is 10.1 Å². The van der Waals surface area contributed by atoms with E-state index in [9.17, 15) is 14.0 Å². The molecule has 0 radical (unpaired) electrons. The van der Waals surface area contributed by atoms with Crippen molar-refractivity contribution in [3.8, 4) is 11.5 Å². The van der Waals surface area contributed by atoms with Crippen molar-refractivity contribution in [2.24, 2.45) is 5.10 Å². The molecule has 2 amide bonds. The first-order chi connectivity index (χ1) is 15.9. The van der Waals surface area contributed by atoms with E-state index in [1.54, 1.807) is 54.6 Å². The molecule has 3 aromatic carbocycles. The molecule has 0 aliphatic carbocycles. The van der Waals surface area contributed by atoms with Gasteiger partial charge in [-0.15, -0.1) is 0 Å². The molecule has 0 heterocycles. The molecule has 0 aromatic heterocycles. The van der Waals surface area contributed by atoms with Gasteiger partial charge in [0.2, 0.25) is 5.91 Å². The average molecular weight is 561 g/mol. The average Bonchev–Trinajstić information content (AvgIpc) is 2.78. The molecule has 0 spiro atoms. The smallest absolute Gasteiger partial charge is 0.271 e. The fourth-order valence-electron chi connectivity index (χ4n) is 2.89. The van der Waals surface area contributed by atoms with Gasteiger partial charge >= 0.3 is 0 Å². The summed E-state index contributed by atoms with van der Waals surface area (Å²) >= 11 is 2.09. The first kappa shape index (κ1) is 24.2. The second-order valence-corrected chi connectivity index (χ2v) is 8.04. The molecule has 0 saturated carbocycles. The number of nitrogens with zero attached hydrogens (tertiary/aromatic N) is 1. The Morgan fingerprint density at radius 1 is 1.12 bits per heavy atom. The summed E-state index contributed by atoms with van der Waals surface area (Å²) in [4.78, 5) is 23.5. The highest BCUT2D eigenvalue weighted by Gasteiger charge is 2.13. The Hall–Kier alpha value is -3.47. The van der Waals surface area contributed by atoms with Gasteiger partial charge in [-0.1, -0.05) is 24.3 Å². The van der Waals surface area contributed by atoms with Crippen molar-refractivity contribution in [1.29, 1.82) is 0 Å². The van der Waals surface area contributed by atoms with E-state index in [-0.39, 0.29) is 18.3 Å². The van der Waals surface area contributed by atoms with Crippen molar-refractivity contribution in [3.05, 3.63) is 86.7 Å². The number of hydrogen-bond donors (Lipinski definition) is 2. The lowest BCUT2D eigenvalue weighted by Gasteiger charge is -2.14. The lowest BCUT2D eigenvalue weighted by atomic mass is 10.2. The highest BCUT2D eigenvalue weighted by molar-refractivity contribution is 14.1. The van der Waals surface area contributed by atoms with Crippen LogP contribution in [-0.2, 0) is 11.4 Å². The number of methoxy groups -OCH3 is 1. The van der Waals surface area contributed by atoms with E-state index in [4.69, 9.17) is 9.47 Å². The van der Waals surface area contributed by atoms with E-state index >= 15 is 0 Å². The van der Waals surface area contributed by atoms with Gasteiger partial charge in [-0.3, -0.25) is 9.59 Å². The number of hydrogen-bond acceptors (Lipinski definition) is 5. The van der Waals surface area contributed by atoms with Crippen molar-refractivity contribution in [3.63, 3.8) is 0 Å². The van der Waals surface area contributed by atoms with Crippen molar-refractivity contribution < 1.29 is 23.5 Å². The number of ether oxygens (including phenoxy) is 2. The summed E-state index contributed by atoms with van der Waals surface area (Å²) in [6.07, 6.45) is 1.47. The maximum absolute atomic E-state index is 13.9. The van der Waals surface area contributed by atoms with E-state index in [2.05, 4.69) is 38.4 Å². The van der Waals surface area contributed by atoms with Gasteiger partial charge in [0.1, 0.15) is 12.4 Å². The van der Waals surface area contributed by atoms with E-state index in [1.807, 2.05) is 0 Å². The maximum atomic E-state index is 13.9. The number of hydrazone groups is 1. The van der Waals surface area contributed by atoms with Crippen LogP contribution in [0.1, 0.15) is 28.4 Å². The lowest BCUT2D eigenvalue weighted by molar-refractivity contribution is -0.114. The summed E-state index contributed by atoms with van der Waals surface area (Å²) in [5.74, 6) is -0.0552. The number of amides is 2. The molecule has 2 N–H and O–H groups in total. The third-order valence-electron chi connectivity index (χ3n) is 4.41. The minimum Gasteiger partial charge on any atom is -0.493 e. The van der Waals surface area contributed by atoms with Gasteiger partial charge in [0.25, 0.3) is 5.91 Å². The van der Waals surface area contributed by atoms with Gasteiger partial charge in [0.15, 0.2) is 11.5 Å². The molecular weight excluding hydrogens is 540 g/mol. The van der Waals surface area contributed by atoms with E-state index in [1.165, 1.54) is 26.3 Å². The maximum Gasteiger partial charge on any atom is 0.271 e. The van der Waals surface area contributed by atoms with Crippen LogP contribution in [0.3, 0.4) is 0 Å². The normalized spacial score (nSPS) is 10.7. The highest BCUT2D eigenvalue weighted by atomic mass is 127. The summed E-state index contributed by atoms with van der Waals surface area (Å²) in [5, 5.41) is 6.62. The number of carbonyl (C=O) groups is 2. The minimum absolute atomic E-state index is 0.0556. The van der Waals surface area contributed by atoms with Gasteiger partial charge in [-0.05, 0) is 64.6 Å². The zero-order chi connectivity index (χ0) is 23.8. The second-order valence-electron chi connectivity index (χ2n) is 6.88. The van der Waals surface area contributed by atoms with Crippen LogP contribution >= 0.6 is 22.6 Å². The number of carbonyl (C=O) groups excluding carboxylic acids is 2. The zero-order valence-corrected chi connectivity index (χ0v) is 20.1. The Morgan fingerprint density at radius 3 is 2.64 bits per heavy atom. The molecule has 170 valence electrons. The number of nitrogens with one attached hydrogen (secondary N) is 2. The number of rotatable bonds is 8. The van der Waals surface area contributed by atoms with Crippen LogP contribution in [0.2, 0.25) is 0 Å². The van der Waals surface area contributed by atoms with Gasteiger partial charge < -0.3 is 14.8 Å². The molecule has 0 saturated heterocycles. The standard InChI is InChI=1S/C24H21FIN3O4/c1-15(30)28-19-8-5-7-17(12-19)24(31)29-27-13-16-10-21(26)23(22(11-16)32-2)33-14-18-6-3-4-9-20(18)25/h3-13H,14H2,1-2H3,(H,28,30)(H,29,31)/b27-13-. The Labute approximate surface area is 204 Å². The molecule has 0 unspecified atom stereocenters. The minimum atomic E-state index is -0.426. The third kappa shape index (κ3) is 6.75. The molecule has 9 heteroatoms. The molecule has 33 heavy (non-hydrogen) atoms. The lowest BCUT2D eigenvalue weighted by Crippen LogP contribution is -2.18. The van der Waals surface area contributed by atoms with Crippen molar-refractivity contribution in [1.82, 2.24) is 5.43 Å². The van der Waals surface area contributed by atoms with Crippen LogP contribution in [-0.4, -0.2) is 25.1 Å². The summed E-state index contributed by atoms with van der Waals surface area (Å²) in [7, 11) is 1.51. The van der Waals surface area contributed by atoms with Crippen molar-refractivity contribution >= 4 is 46.3 Å². The van der Waals surface area contributed by atoms with Crippen LogP contribution in [0.5, 0.6) is 11.5 Å². The molecule has 0 aliphatic heterocycles. The molecule has 7 nitrogen and oxygen atoms in total. The van der Waals surface area contributed by atoms with Gasteiger partial charge in [-0.25, -0.2) is 9.82 Å². The second kappa shape index (κ2) is 11.4. The number of benzene rings is 3.